The molecule has 2 atom stereocenters. The maximum Gasteiger partial charge on any atom is 0.311 e. The Morgan fingerprint density at radius 3 is 2.64 bits per heavy atom. The Labute approximate surface area is 192 Å². The van der Waals surface area contributed by atoms with Gasteiger partial charge in [0.1, 0.15) is 5.75 Å². The zero-order valence-corrected chi connectivity index (χ0v) is 19.1. The van der Waals surface area contributed by atoms with Gasteiger partial charge in [-0.05, 0) is 68.3 Å². The number of ether oxygens (including phenoxy) is 1. The van der Waals surface area contributed by atoms with Crippen LogP contribution in [-0.2, 0) is 9.59 Å². The highest BCUT2D eigenvalue weighted by Gasteiger charge is 2.40. The van der Waals surface area contributed by atoms with Crippen molar-refractivity contribution in [3.05, 3.63) is 64.6 Å². The van der Waals surface area contributed by atoms with Crippen molar-refractivity contribution < 1.29 is 19.4 Å². The number of carbonyl (C=O) groups excluding carboxylic acids is 1. The minimum atomic E-state index is -0.949. The number of benzene rings is 2. The molecule has 2 N–H and O–H groups in total. The van der Waals surface area contributed by atoms with Gasteiger partial charge in [-0.3, -0.25) is 14.4 Å². The molecule has 0 radical (unpaired) electrons. The number of carboxylic acids is 1. The lowest BCUT2D eigenvalue weighted by molar-refractivity contribution is -0.155. The first-order valence-electron chi connectivity index (χ1n) is 11.1. The molecular weight excluding hydrogens is 420 g/mol. The number of amides is 1. The molecule has 1 amide bonds. The number of aryl methyl sites for hydroxylation is 1. The summed E-state index contributed by atoms with van der Waals surface area (Å²) < 4.78 is 5.90. The van der Waals surface area contributed by atoms with E-state index < -0.39 is 17.5 Å². The van der Waals surface area contributed by atoms with Crippen LogP contribution in [0.15, 0.2) is 53.5 Å². The number of nitrogens with zero attached hydrogens (tertiary/aromatic N) is 1. The van der Waals surface area contributed by atoms with Gasteiger partial charge in [-0.25, -0.2) is 0 Å². The van der Waals surface area contributed by atoms with Crippen molar-refractivity contribution in [3.63, 3.8) is 0 Å². The van der Waals surface area contributed by atoms with Crippen LogP contribution in [0.3, 0.4) is 0 Å². The van der Waals surface area contributed by atoms with Gasteiger partial charge in [0, 0.05) is 24.8 Å². The van der Waals surface area contributed by atoms with Crippen LogP contribution in [0.5, 0.6) is 5.75 Å². The van der Waals surface area contributed by atoms with Crippen molar-refractivity contribution in [2.24, 2.45) is 5.41 Å². The number of likely N-dealkylation sites (tertiary alicyclic amines) is 1. The summed E-state index contributed by atoms with van der Waals surface area (Å²) >= 11 is 0. The number of pyridine rings is 1. The number of rotatable bonds is 5. The third-order valence-electron chi connectivity index (χ3n) is 6.49. The predicted molar refractivity (Wildman–Crippen MR) is 126 cm³/mol. The Kier molecular flexibility index (Phi) is 5.97. The summed E-state index contributed by atoms with van der Waals surface area (Å²) in [6.07, 6.45) is 2.08. The van der Waals surface area contributed by atoms with Crippen molar-refractivity contribution in [3.8, 4) is 16.9 Å². The molecule has 0 saturated carbocycles. The first kappa shape index (κ1) is 22.6. The average molecular weight is 449 g/mol. The van der Waals surface area contributed by atoms with E-state index in [1.54, 1.807) is 37.1 Å². The number of hydrogen-bond acceptors (Lipinski definition) is 4. The van der Waals surface area contributed by atoms with Gasteiger partial charge in [0.25, 0.3) is 11.5 Å². The van der Waals surface area contributed by atoms with E-state index in [1.165, 1.54) is 0 Å². The van der Waals surface area contributed by atoms with Crippen molar-refractivity contribution in [1.29, 1.82) is 0 Å². The molecule has 1 aromatic heterocycles. The van der Waals surface area contributed by atoms with E-state index in [2.05, 4.69) is 4.98 Å². The molecule has 2 heterocycles. The molecule has 172 valence electrons. The van der Waals surface area contributed by atoms with Crippen LogP contribution in [0, 0.1) is 12.3 Å². The third kappa shape index (κ3) is 4.35. The second-order valence-corrected chi connectivity index (χ2v) is 9.04. The predicted octanol–water partition coefficient (Wildman–Crippen LogP) is 3.98. The quantitative estimate of drug-likeness (QED) is 0.615. The Hall–Kier alpha value is -3.61. The monoisotopic (exact) mass is 448 g/mol. The highest BCUT2D eigenvalue weighted by molar-refractivity contribution is 5.97. The number of carboxylic acid groups (broad SMARTS) is 1. The Morgan fingerprint density at radius 2 is 1.91 bits per heavy atom. The summed E-state index contributed by atoms with van der Waals surface area (Å²) in [6, 6.07) is 13.2. The normalized spacial score (nSPS) is 19.3. The van der Waals surface area contributed by atoms with Gasteiger partial charge in [0.05, 0.1) is 10.8 Å². The highest BCUT2D eigenvalue weighted by atomic mass is 16.5. The van der Waals surface area contributed by atoms with Crippen molar-refractivity contribution in [2.75, 3.05) is 13.1 Å². The Morgan fingerprint density at radius 1 is 1.15 bits per heavy atom. The van der Waals surface area contributed by atoms with Crippen molar-refractivity contribution in [1.82, 2.24) is 9.88 Å². The summed E-state index contributed by atoms with van der Waals surface area (Å²) in [5, 5.41) is 10.8. The molecule has 33 heavy (non-hydrogen) atoms. The number of hydrogen-bond donors (Lipinski definition) is 2. The topological polar surface area (TPSA) is 99.7 Å². The van der Waals surface area contributed by atoms with Gasteiger partial charge in [-0.1, -0.05) is 24.3 Å². The number of carbonyl (C=O) groups is 2. The summed E-state index contributed by atoms with van der Waals surface area (Å²) in [6.45, 7) is 6.00. The van der Waals surface area contributed by atoms with Crippen LogP contribution < -0.4 is 10.3 Å². The van der Waals surface area contributed by atoms with Crippen LogP contribution in [0.1, 0.15) is 32.3 Å². The van der Waals surface area contributed by atoms with E-state index in [0.717, 1.165) is 22.1 Å². The summed E-state index contributed by atoms with van der Waals surface area (Å²) in [5.74, 6) is -0.745. The number of aliphatic carboxylic acids is 1. The molecule has 7 heteroatoms. The fourth-order valence-electron chi connectivity index (χ4n) is 4.52. The smallest absolute Gasteiger partial charge is 0.311 e. The van der Waals surface area contributed by atoms with Crippen LogP contribution in [-0.4, -0.2) is 46.1 Å². The van der Waals surface area contributed by atoms with E-state index in [0.29, 0.717) is 30.5 Å². The van der Waals surface area contributed by atoms with Crippen LogP contribution >= 0.6 is 0 Å². The maximum atomic E-state index is 13.0. The molecule has 1 fully saturated rings. The minimum absolute atomic E-state index is 0.159. The van der Waals surface area contributed by atoms with Crippen LogP contribution in [0.4, 0.5) is 0 Å². The van der Waals surface area contributed by atoms with E-state index in [-0.39, 0.29) is 18.0 Å². The number of aromatic nitrogens is 1. The van der Waals surface area contributed by atoms with E-state index >= 15 is 0 Å². The van der Waals surface area contributed by atoms with Gasteiger partial charge in [0.15, 0.2) is 6.10 Å². The molecule has 7 nitrogen and oxygen atoms in total. The molecule has 0 spiro atoms. The lowest BCUT2D eigenvalue weighted by Crippen LogP contribution is -2.51. The van der Waals surface area contributed by atoms with Gasteiger partial charge < -0.3 is 19.7 Å². The average Bonchev–Trinajstić information content (AvgIpc) is 2.79. The molecule has 0 bridgehead atoms. The Bertz CT molecular complexity index is 1280. The van der Waals surface area contributed by atoms with Gasteiger partial charge in [0.2, 0.25) is 0 Å². The zero-order chi connectivity index (χ0) is 23.8. The lowest BCUT2D eigenvalue weighted by Gasteiger charge is -2.38. The van der Waals surface area contributed by atoms with Gasteiger partial charge >= 0.3 is 5.97 Å². The number of nitrogens with one attached hydrogen (secondary N) is 1. The summed E-state index contributed by atoms with van der Waals surface area (Å²) in [7, 11) is 0. The Balaban J connectivity index is 1.59. The molecule has 0 aliphatic carbocycles. The van der Waals surface area contributed by atoms with Crippen molar-refractivity contribution in [2.45, 2.75) is 39.7 Å². The summed E-state index contributed by atoms with van der Waals surface area (Å²) in [4.78, 5) is 41.5. The number of piperidine rings is 1. The highest BCUT2D eigenvalue weighted by Crippen LogP contribution is 2.32. The van der Waals surface area contributed by atoms with E-state index in [9.17, 15) is 19.5 Å². The number of H-pyrrole nitrogens is 1. The number of aromatic amines is 1. The van der Waals surface area contributed by atoms with Crippen LogP contribution in [0.2, 0.25) is 0 Å². The molecule has 1 aliphatic heterocycles. The molecule has 1 saturated heterocycles. The number of fused-ring (bicyclic) bond motifs is 1. The second kappa shape index (κ2) is 8.73. The van der Waals surface area contributed by atoms with Crippen molar-refractivity contribution >= 4 is 22.6 Å². The van der Waals surface area contributed by atoms with E-state index in [1.807, 2.05) is 37.3 Å². The van der Waals surface area contributed by atoms with Crippen LogP contribution in [0.25, 0.3) is 21.9 Å². The minimum Gasteiger partial charge on any atom is -0.481 e. The molecule has 1 aliphatic rings. The van der Waals surface area contributed by atoms with E-state index in [4.69, 9.17) is 4.74 Å². The molecular formula is C26H28N2O5. The fraction of sp³-hybridized carbons (Fsp3) is 0.346. The fourth-order valence-corrected chi connectivity index (χ4v) is 4.52. The summed E-state index contributed by atoms with van der Waals surface area (Å²) in [5.41, 5.74) is 1.86. The molecule has 0 unspecified atom stereocenters. The third-order valence-corrected chi connectivity index (χ3v) is 6.49. The lowest BCUT2D eigenvalue weighted by atomic mass is 9.82. The van der Waals surface area contributed by atoms with Gasteiger partial charge in [-0.2, -0.15) is 0 Å². The molecule has 2 aromatic carbocycles. The first-order valence-corrected chi connectivity index (χ1v) is 11.1. The second-order valence-electron chi connectivity index (χ2n) is 9.04. The maximum absolute atomic E-state index is 13.0. The SMILES string of the molecule is Cc1ccccc1-c1c[nH]c(=O)c2cc(O[C@H](C)C(=O)N3CCC[C@@](C)(C(=O)O)C3)ccc12. The molecule has 4 rings (SSSR count). The largest absolute Gasteiger partial charge is 0.481 e. The zero-order valence-electron chi connectivity index (χ0n) is 19.1. The standard InChI is InChI=1S/C26H28N2O5/c1-16-7-4-5-8-19(16)22-14-27-23(29)21-13-18(9-10-20(21)22)33-17(2)24(30)28-12-6-11-26(3,15-28)25(31)32/h4-5,7-10,13-14,17H,6,11-12,15H2,1-3H3,(H,27,29)(H,31,32)/t17-,26-/m1/s1. The van der Waals surface area contributed by atoms with Gasteiger partial charge in [-0.15, -0.1) is 0 Å². The first-order chi connectivity index (χ1) is 15.7. The molecule has 3 aromatic rings.